The summed E-state index contributed by atoms with van der Waals surface area (Å²) < 4.78 is 4.57. The Kier molecular flexibility index (Phi) is 4.73. The third-order valence-corrected chi connectivity index (χ3v) is 9.10. The van der Waals surface area contributed by atoms with Gasteiger partial charge in [0.15, 0.2) is 11.6 Å². The number of rotatable bonds is 1. The van der Waals surface area contributed by atoms with Crippen LogP contribution in [0, 0.1) is 10.8 Å². The van der Waals surface area contributed by atoms with Gasteiger partial charge in [-0.25, -0.2) is 23.5 Å². The number of aromatic nitrogens is 3. The van der Waals surface area contributed by atoms with Crippen molar-refractivity contribution >= 4 is 27.5 Å². The number of Topliss-reactive ketones (excluding diaryl/α,β-unsaturated/α-hetero) is 2. The van der Waals surface area contributed by atoms with Crippen molar-refractivity contribution in [2.24, 2.45) is 17.9 Å². The van der Waals surface area contributed by atoms with Gasteiger partial charge in [0.1, 0.15) is 5.75 Å². The molecular weight excluding hydrogens is 502 g/mol. The summed E-state index contributed by atoms with van der Waals surface area (Å²) in [5.74, 6) is -0.955. The van der Waals surface area contributed by atoms with Gasteiger partial charge in [0.2, 0.25) is 0 Å². The van der Waals surface area contributed by atoms with Crippen LogP contribution in [-0.2, 0) is 23.2 Å². The van der Waals surface area contributed by atoms with Crippen LogP contribution in [-0.4, -0.2) is 30.6 Å². The van der Waals surface area contributed by atoms with Gasteiger partial charge in [0, 0.05) is 28.4 Å². The zero-order chi connectivity index (χ0) is 24.9. The number of nitrogens with zero attached hydrogens (tertiary/aromatic N) is 3. The predicted octanol–water partition coefficient (Wildman–Crippen LogP) is 2.99. The Morgan fingerprint density at radius 1 is 1.03 bits per heavy atom. The highest BCUT2D eigenvalue weighted by molar-refractivity contribution is 9.10. The van der Waals surface area contributed by atoms with E-state index in [-0.39, 0.29) is 30.3 Å². The van der Waals surface area contributed by atoms with Crippen molar-refractivity contribution in [2.45, 2.75) is 52.6 Å². The zero-order valence-corrected chi connectivity index (χ0v) is 21.3. The Balaban J connectivity index is 1.89. The van der Waals surface area contributed by atoms with Gasteiger partial charge in [-0.2, -0.15) is 0 Å². The number of carbonyl (C=O) groups is 2. The van der Waals surface area contributed by atoms with Crippen molar-refractivity contribution in [3.63, 3.8) is 0 Å². The SMILES string of the molecule is CC1=C(C)C(=O)[C@@]2(C)[C@@H](c3cc(Br)ccc3O)C3=CCn4c(=O)n(C)c(=O)n4[C@@H]3C[C@@]2(C)C1=O. The summed E-state index contributed by atoms with van der Waals surface area (Å²) in [6.45, 7) is 7.10. The molecule has 0 amide bonds. The van der Waals surface area contributed by atoms with Crippen molar-refractivity contribution in [2.75, 3.05) is 0 Å². The second-order valence-corrected chi connectivity index (χ2v) is 11.0. The lowest BCUT2D eigenvalue weighted by Gasteiger charge is -2.58. The van der Waals surface area contributed by atoms with E-state index in [0.29, 0.717) is 16.7 Å². The fraction of sp³-hybridized carbons (Fsp3) is 0.440. The average molecular weight is 528 g/mol. The van der Waals surface area contributed by atoms with E-state index in [1.54, 1.807) is 45.9 Å². The van der Waals surface area contributed by atoms with Gasteiger partial charge in [-0.1, -0.05) is 35.9 Å². The van der Waals surface area contributed by atoms with Crippen LogP contribution < -0.4 is 11.4 Å². The molecule has 178 valence electrons. The monoisotopic (exact) mass is 527 g/mol. The fourth-order valence-corrected chi connectivity index (χ4v) is 6.79. The summed E-state index contributed by atoms with van der Waals surface area (Å²) in [7, 11) is 1.43. The standard InChI is InChI=1S/C25H26BrN3O5/c1-12-13(2)21(32)25(4)19(16-10-14(26)6-7-18(16)30)15-8-9-28-22(33)27(5)23(34)29(28)17(15)11-24(25,3)20(12)31/h6-8,10,17,19,30H,9,11H2,1-5H3/t17-,19-,24+,25-/m1/s1. The van der Waals surface area contributed by atoms with E-state index in [1.807, 2.05) is 6.08 Å². The largest absolute Gasteiger partial charge is 0.508 e. The lowest BCUT2D eigenvalue weighted by molar-refractivity contribution is -0.151. The minimum atomic E-state index is -1.20. The summed E-state index contributed by atoms with van der Waals surface area (Å²) in [5.41, 5.74) is -1.16. The molecule has 0 radical (unpaired) electrons. The molecule has 5 rings (SSSR count). The molecule has 1 aromatic carbocycles. The molecule has 34 heavy (non-hydrogen) atoms. The van der Waals surface area contributed by atoms with Crippen LogP contribution in [0.15, 0.2) is 55.1 Å². The molecule has 2 heterocycles. The number of benzene rings is 1. The van der Waals surface area contributed by atoms with Crippen molar-refractivity contribution in [1.29, 1.82) is 0 Å². The molecule has 1 aromatic heterocycles. The molecule has 4 atom stereocenters. The van der Waals surface area contributed by atoms with Crippen LogP contribution in [0.2, 0.25) is 0 Å². The molecule has 8 nitrogen and oxygen atoms in total. The number of aromatic hydroxyl groups is 1. The number of halogens is 1. The Labute approximate surface area is 204 Å². The molecular formula is C25H26BrN3O5. The van der Waals surface area contributed by atoms with E-state index in [0.717, 1.165) is 14.6 Å². The number of phenolic OH excluding ortho intramolecular Hbond substituents is 1. The van der Waals surface area contributed by atoms with Crippen molar-refractivity contribution in [1.82, 2.24) is 13.9 Å². The molecule has 0 spiro atoms. The third kappa shape index (κ3) is 2.53. The van der Waals surface area contributed by atoms with Crippen LogP contribution in [0.5, 0.6) is 5.75 Å². The highest BCUT2D eigenvalue weighted by Crippen LogP contribution is 2.66. The van der Waals surface area contributed by atoms with E-state index < -0.39 is 34.2 Å². The smallest absolute Gasteiger partial charge is 0.347 e. The van der Waals surface area contributed by atoms with Gasteiger partial charge in [-0.15, -0.1) is 0 Å². The highest BCUT2D eigenvalue weighted by Gasteiger charge is 2.67. The van der Waals surface area contributed by atoms with E-state index in [9.17, 15) is 24.3 Å². The molecule has 1 fully saturated rings. The molecule has 2 aromatic rings. The number of fused-ring (bicyclic) bond motifs is 4. The first kappa shape index (κ1) is 22.8. The molecule has 1 aliphatic heterocycles. The normalized spacial score (nSPS) is 30.6. The van der Waals surface area contributed by atoms with Gasteiger partial charge >= 0.3 is 11.4 Å². The first-order valence-electron chi connectivity index (χ1n) is 11.2. The first-order chi connectivity index (χ1) is 15.9. The number of carbonyl (C=O) groups excluding carboxylic acids is 2. The molecule has 1 N–H and O–H groups in total. The summed E-state index contributed by atoms with van der Waals surface area (Å²) >= 11 is 3.47. The molecule has 1 saturated carbocycles. The van der Waals surface area contributed by atoms with Crippen molar-refractivity contribution in [3.8, 4) is 5.75 Å². The maximum atomic E-state index is 14.0. The van der Waals surface area contributed by atoms with Crippen molar-refractivity contribution < 1.29 is 14.7 Å². The Morgan fingerprint density at radius 2 is 1.68 bits per heavy atom. The van der Waals surface area contributed by atoms with Gasteiger partial charge in [-0.3, -0.25) is 9.59 Å². The second-order valence-electron chi connectivity index (χ2n) is 10.1. The minimum Gasteiger partial charge on any atom is -0.508 e. The van der Waals surface area contributed by atoms with Crippen LogP contribution in [0.1, 0.15) is 51.6 Å². The molecule has 0 bridgehead atoms. The average Bonchev–Trinajstić information content (AvgIpc) is 3.03. The quantitative estimate of drug-likeness (QED) is 0.574. The number of phenols is 1. The minimum absolute atomic E-state index is 0.00544. The van der Waals surface area contributed by atoms with Crippen LogP contribution in [0.3, 0.4) is 0 Å². The lowest BCUT2D eigenvalue weighted by Crippen LogP contribution is -2.61. The first-order valence-corrected chi connectivity index (χ1v) is 12.0. The third-order valence-electron chi connectivity index (χ3n) is 8.61. The zero-order valence-electron chi connectivity index (χ0n) is 19.7. The van der Waals surface area contributed by atoms with Gasteiger partial charge in [-0.05, 0) is 55.2 Å². The Bertz CT molecular complexity index is 1490. The van der Waals surface area contributed by atoms with Crippen LogP contribution in [0.4, 0.5) is 0 Å². The van der Waals surface area contributed by atoms with Crippen LogP contribution >= 0.6 is 15.9 Å². The van der Waals surface area contributed by atoms with E-state index >= 15 is 0 Å². The highest BCUT2D eigenvalue weighted by atomic mass is 79.9. The number of ketones is 2. The van der Waals surface area contributed by atoms with Crippen molar-refractivity contribution in [3.05, 3.63) is 72.0 Å². The van der Waals surface area contributed by atoms with Gasteiger partial charge < -0.3 is 5.11 Å². The Morgan fingerprint density at radius 3 is 2.35 bits per heavy atom. The predicted molar refractivity (Wildman–Crippen MR) is 129 cm³/mol. The topological polar surface area (TPSA) is 103 Å². The molecule has 0 unspecified atom stereocenters. The number of hydrogen-bond acceptors (Lipinski definition) is 5. The van der Waals surface area contributed by atoms with E-state index in [1.165, 1.54) is 16.4 Å². The molecule has 0 saturated heterocycles. The molecule has 2 aliphatic carbocycles. The maximum Gasteiger partial charge on any atom is 0.347 e. The number of allylic oxidation sites excluding steroid dienone is 4. The fourth-order valence-electron chi connectivity index (χ4n) is 6.41. The summed E-state index contributed by atoms with van der Waals surface area (Å²) in [5, 5.41) is 11.0. The second kappa shape index (κ2) is 7.04. The molecule has 9 heteroatoms. The van der Waals surface area contributed by atoms with E-state index in [2.05, 4.69) is 15.9 Å². The summed E-state index contributed by atoms with van der Waals surface area (Å²) in [6.07, 6.45) is 2.07. The van der Waals surface area contributed by atoms with Gasteiger partial charge in [0.25, 0.3) is 0 Å². The van der Waals surface area contributed by atoms with Gasteiger partial charge in [0.05, 0.1) is 18.0 Å². The summed E-state index contributed by atoms with van der Waals surface area (Å²) in [6, 6.07) is 4.42. The number of hydrogen-bond donors (Lipinski definition) is 1. The van der Waals surface area contributed by atoms with Crippen LogP contribution in [0.25, 0.3) is 0 Å². The maximum absolute atomic E-state index is 14.0. The summed E-state index contributed by atoms with van der Waals surface area (Å²) in [4.78, 5) is 53.7. The Hall–Kier alpha value is -2.94. The lowest BCUT2D eigenvalue weighted by atomic mass is 9.43. The molecule has 3 aliphatic rings. The van der Waals surface area contributed by atoms with E-state index in [4.69, 9.17) is 0 Å².